The average molecular weight is 350 g/mol. The third-order valence-electron chi connectivity index (χ3n) is 4.04. The maximum absolute atomic E-state index is 4.62. The normalized spacial score (nSPS) is 12.2. The van der Waals surface area contributed by atoms with E-state index in [0.29, 0.717) is 0 Å². The number of hydrogen-bond donors (Lipinski definition) is 2. The van der Waals surface area contributed by atoms with Crippen LogP contribution < -0.4 is 51.4 Å². The van der Waals surface area contributed by atoms with Crippen molar-refractivity contribution in [2.24, 2.45) is 0 Å². The molecule has 5 rings (SSSR count). The molecule has 2 aliphatic heterocycles. The first-order chi connectivity index (χ1) is 11.8. The van der Waals surface area contributed by atoms with Crippen molar-refractivity contribution in [3.05, 3.63) is 71.3 Å². The van der Waals surface area contributed by atoms with Crippen LogP contribution in [0.25, 0.3) is 46.4 Å². The van der Waals surface area contributed by atoms with Gasteiger partial charge in [-0.05, 0) is 72.8 Å². The third-order valence-corrected chi connectivity index (χ3v) is 4.04. The molecule has 3 aromatic heterocycles. The molecule has 0 fully saturated rings. The summed E-state index contributed by atoms with van der Waals surface area (Å²) in [6.07, 6.45) is 8.05. The summed E-state index contributed by atoms with van der Waals surface area (Å²) in [6.45, 7) is 0. The maximum atomic E-state index is 4.62. The van der Waals surface area contributed by atoms with Gasteiger partial charge in [-0.25, -0.2) is 9.97 Å². The number of rotatable bonds is 0. The minimum Gasteiger partial charge on any atom is -1.00 e. The van der Waals surface area contributed by atoms with E-state index >= 15 is 0 Å². The van der Waals surface area contributed by atoms with Gasteiger partial charge in [-0.3, -0.25) is 0 Å². The van der Waals surface area contributed by atoms with Gasteiger partial charge < -0.3 is 11.4 Å². The van der Waals surface area contributed by atoms with Gasteiger partial charge in [0.15, 0.2) is 0 Å². The van der Waals surface area contributed by atoms with E-state index < -0.39 is 0 Å². The van der Waals surface area contributed by atoms with Crippen LogP contribution in [0.4, 0.5) is 0 Å². The molecule has 25 heavy (non-hydrogen) atoms. The Morgan fingerprint density at radius 1 is 0.520 bits per heavy atom. The summed E-state index contributed by atoms with van der Waals surface area (Å²) in [5.41, 5.74) is 7.86. The number of hydrogen-bond acceptors (Lipinski definition) is 2. The molecule has 0 amide bonds. The van der Waals surface area contributed by atoms with Gasteiger partial charge in [0.25, 0.3) is 0 Å². The van der Waals surface area contributed by atoms with Crippen LogP contribution in [0.2, 0.25) is 0 Å². The molecule has 0 aliphatic carbocycles. The van der Waals surface area contributed by atoms with E-state index in [9.17, 15) is 0 Å². The third kappa shape index (κ3) is 3.61. The molecular formula is C20H15KN4. The molecule has 0 aromatic carbocycles. The van der Waals surface area contributed by atoms with Crippen LogP contribution in [-0.4, -0.2) is 19.9 Å². The zero-order chi connectivity index (χ0) is 15.9. The molecule has 0 radical (unpaired) electrons. The second-order valence-electron chi connectivity index (χ2n) is 5.91. The summed E-state index contributed by atoms with van der Waals surface area (Å²) < 4.78 is 0. The average Bonchev–Trinajstić information content (AvgIpc) is 3.32. The summed E-state index contributed by atoms with van der Waals surface area (Å²) in [6, 6.07) is 16.4. The molecule has 0 spiro atoms. The monoisotopic (exact) mass is 350 g/mol. The zero-order valence-electron chi connectivity index (χ0n) is 14.8. The molecule has 4 nitrogen and oxygen atoms in total. The van der Waals surface area contributed by atoms with E-state index in [2.05, 4.69) is 50.3 Å². The quantitative estimate of drug-likeness (QED) is 0.418. The predicted molar refractivity (Wildman–Crippen MR) is 100.0 cm³/mol. The molecule has 0 unspecified atom stereocenters. The minimum atomic E-state index is 0. The van der Waals surface area contributed by atoms with E-state index in [4.69, 9.17) is 0 Å². The fourth-order valence-corrected chi connectivity index (χ4v) is 2.94. The summed E-state index contributed by atoms with van der Waals surface area (Å²) in [4.78, 5) is 16.0. The topological polar surface area (TPSA) is 57.4 Å². The van der Waals surface area contributed by atoms with E-state index in [1.165, 1.54) is 0 Å². The van der Waals surface area contributed by atoms with Crippen molar-refractivity contribution < 1.29 is 52.8 Å². The largest absolute Gasteiger partial charge is 1.00 e. The standard InChI is InChI=1S/C20H14N4.K.H/c1-2-14-10-16-5-6-18(23-16)12-20-8-7-19(24-20)11-17-4-3-15(22-17)9-13(1)21-14;;/h1-12,21-22H;;/q;+1;-1. The Kier molecular flexibility index (Phi) is 4.58. The fourth-order valence-electron chi connectivity index (χ4n) is 2.94. The molecule has 2 N–H and O–H groups in total. The first-order valence-corrected chi connectivity index (χ1v) is 7.85. The van der Waals surface area contributed by atoms with Crippen molar-refractivity contribution in [1.29, 1.82) is 0 Å². The molecule has 0 atom stereocenters. The van der Waals surface area contributed by atoms with Crippen LogP contribution in [0.3, 0.4) is 0 Å². The summed E-state index contributed by atoms with van der Waals surface area (Å²) in [5, 5.41) is 0. The second kappa shape index (κ2) is 6.86. The van der Waals surface area contributed by atoms with Gasteiger partial charge in [0, 0.05) is 22.1 Å². The SMILES string of the molecule is C1=Cc2cc3ccc(cc4ccc(cc5nc(cc1n2)C=C5)[nH]4)[nH]3.[H-].[K+]. The number of nitrogens with zero attached hydrogens (tertiary/aromatic N) is 2. The molecule has 0 saturated heterocycles. The second-order valence-corrected chi connectivity index (χ2v) is 5.91. The predicted octanol–water partition coefficient (Wildman–Crippen LogP) is 1.77. The van der Waals surface area contributed by atoms with Crippen LogP contribution in [0.5, 0.6) is 0 Å². The van der Waals surface area contributed by atoms with Crippen LogP contribution >= 0.6 is 0 Å². The van der Waals surface area contributed by atoms with Gasteiger partial charge in [0.1, 0.15) is 0 Å². The molecule has 5 heteroatoms. The van der Waals surface area contributed by atoms with Crippen molar-refractivity contribution in [3.63, 3.8) is 0 Å². The van der Waals surface area contributed by atoms with Crippen LogP contribution in [0, 0.1) is 0 Å². The number of nitrogens with one attached hydrogen (secondary N) is 2. The van der Waals surface area contributed by atoms with Crippen LogP contribution in [0.15, 0.2) is 48.5 Å². The number of aromatic amines is 2. The Morgan fingerprint density at radius 2 is 0.880 bits per heavy atom. The minimum absolute atomic E-state index is 0. The Labute approximate surface area is 188 Å². The van der Waals surface area contributed by atoms with Crippen molar-refractivity contribution in [3.8, 4) is 0 Å². The van der Waals surface area contributed by atoms with Crippen molar-refractivity contribution in [2.75, 3.05) is 0 Å². The van der Waals surface area contributed by atoms with Gasteiger partial charge in [-0.1, -0.05) is 0 Å². The Balaban J connectivity index is 0.000000980. The first-order valence-electron chi connectivity index (χ1n) is 7.85. The van der Waals surface area contributed by atoms with Crippen LogP contribution in [0.1, 0.15) is 24.2 Å². The summed E-state index contributed by atoms with van der Waals surface area (Å²) in [7, 11) is 0. The van der Waals surface area contributed by atoms with Gasteiger partial charge in [0.05, 0.1) is 22.8 Å². The Bertz CT molecular complexity index is 1080. The molecule has 116 valence electrons. The number of fused-ring (bicyclic) bond motifs is 8. The summed E-state index contributed by atoms with van der Waals surface area (Å²) >= 11 is 0. The van der Waals surface area contributed by atoms with Crippen molar-refractivity contribution in [1.82, 2.24) is 19.9 Å². The number of H-pyrrole nitrogens is 2. The van der Waals surface area contributed by atoms with Gasteiger partial charge in [-0.2, -0.15) is 0 Å². The molecule has 0 saturated carbocycles. The van der Waals surface area contributed by atoms with E-state index in [1.54, 1.807) is 0 Å². The van der Waals surface area contributed by atoms with E-state index in [0.717, 1.165) is 44.8 Å². The molecule has 3 aromatic rings. The molecular weight excluding hydrogens is 335 g/mol. The Morgan fingerprint density at radius 3 is 1.32 bits per heavy atom. The van der Waals surface area contributed by atoms with Crippen molar-refractivity contribution >= 4 is 46.4 Å². The van der Waals surface area contributed by atoms with E-state index in [1.807, 2.05) is 42.5 Å². The maximum Gasteiger partial charge on any atom is 1.00 e. The molecule has 5 heterocycles. The Hall–Kier alpha value is -1.76. The van der Waals surface area contributed by atoms with E-state index in [-0.39, 0.29) is 52.8 Å². The first kappa shape index (κ1) is 16.7. The van der Waals surface area contributed by atoms with Gasteiger partial charge in [0.2, 0.25) is 0 Å². The van der Waals surface area contributed by atoms with Gasteiger partial charge >= 0.3 is 51.4 Å². The summed E-state index contributed by atoms with van der Waals surface area (Å²) in [5.74, 6) is 0. The fraction of sp³-hybridized carbons (Fsp3) is 0. The van der Waals surface area contributed by atoms with Crippen molar-refractivity contribution in [2.45, 2.75) is 0 Å². The molecule has 8 bridgehead atoms. The number of aromatic nitrogens is 4. The van der Waals surface area contributed by atoms with Crippen LogP contribution in [-0.2, 0) is 0 Å². The zero-order valence-corrected chi connectivity index (χ0v) is 16.9. The molecule has 2 aliphatic rings. The smallest absolute Gasteiger partial charge is 1.00 e. The van der Waals surface area contributed by atoms with Gasteiger partial charge in [-0.15, -0.1) is 0 Å².